The molecule has 1 saturated carbocycles. The monoisotopic (exact) mass is 594 g/mol. The third kappa shape index (κ3) is 7.91. The van der Waals surface area contributed by atoms with Gasteiger partial charge < -0.3 is 19.6 Å². The van der Waals surface area contributed by atoms with Gasteiger partial charge in [0.25, 0.3) is 11.5 Å². The van der Waals surface area contributed by atoms with Crippen molar-refractivity contribution in [2.75, 3.05) is 20.3 Å². The van der Waals surface area contributed by atoms with E-state index in [4.69, 9.17) is 20.8 Å². The lowest BCUT2D eigenvalue weighted by Gasteiger charge is -2.39. The molecule has 12 heteroatoms. The van der Waals surface area contributed by atoms with Gasteiger partial charge in [0.15, 0.2) is 8.32 Å². The molecule has 0 radical (unpaired) electrons. The number of ether oxygens (including phenoxy) is 1. The molecule has 10 nitrogen and oxygen atoms in total. The fraction of sp³-hybridized carbons (Fsp3) is 0.643. The van der Waals surface area contributed by atoms with Gasteiger partial charge in [-0.05, 0) is 49.2 Å². The summed E-state index contributed by atoms with van der Waals surface area (Å²) in [6, 6.07) is 4.51. The summed E-state index contributed by atoms with van der Waals surface area (Å²) in [6.07, 6.45) is 5.78. The Morgan fingerprint density at radius 1 is 1.20 bits per heavy atom. The summed E-state index contributed by atoms with van der Waals surface area (Å²) < 4.78 is 13.9. The molecule has 2 N–H and O–H groups in total. The van der Waals surface area contributed by atoms with Crippen LogP contribution in [0, 0.1) is 0 Å². The predicted octanol–water partition coefficient (Wildman–Crippen LogP) is 3.90. The molecular formula is C28H43ClN4O6Si. The Hall–Kier alpha value is -2.31. The quantitative estimate of drug-likeness (QED) is 0.316. The number of rotatable bonds is 10. The van der Waals surface area contributed by atoms with E-state index < -0.39 is 37.2 Å². The van der Waals surface area contributed by atoms with E-state index in [0.717, 1.165) is 41.1 Å². The van der Waals surface area contributed by atoms with Crippen LogP contribution >= 0.6 is 11.6 Å². The molecule has 1 atom stereocenters. The Morgan fingerprint density at radius 2 is 1.85 bits per heavy atom. The highest BCUT2D eigenvalue weighted by Crippen LogP contribution is 2.37. The Morgan fingerprint density at radius 3 is 2.45 bits per heavy atom. The molecule has 1 fully saturated rings. The molecule has 1 aromatic carbocycles. The zero-order chi connectivity index (χ0) is 29.7. The van der Waals surface area contributed by atoms with E-state index >= 15 is 0 Å². The van der Waals surface area contributed by atoms with Gasteiger partial charge in [-0.15, -0.1) is 0 Å². The van der Waals surface area contributed by atoms with Gasteiger partial charge >= 0.3 is 5.69 Å². The molecule has 40 heavy (non-hydrogen) atoms. The highest BCUT2D eigenvalue weighted by atomic mass is 35.5. The Kier molecular flexibility index (Phi) is 10.6. The molecule has 1 aromatic heterocycles. The number of aliphatic hydroxyl groups is 1. The second kappa shape index (κ2) is 13.1. The first-order valence-electron chi connectivity index (χ1n) is 13.8. The van der Waals surface area contributed by atoms with Crippen molar-refractivity contribution < 1.29 is 19.1 Å². The van der Waals surface area contributed by atoms with E-state index in [1.807, 2.05) is 0 Å². The van der Waals surface area contributed by atoms with Crippen molar-refractivity contribution in [3.05, 3.63) is 55.8 Å². The van der Waals surface area contributed by atoms with Gasteiger partial charge in [0, 0.05) is 13.7 Å². The molecule has 1 aliphatic rings. The van der Waals surface area contributed by atoms with Crippen LogP contribution in [0.2, 0.25) is 23.2 Å². The Bertz CT molecular complexity index is 1290. The first kappa shape index (κ1) is 32.2. The Balaban J connectivity index is 1.88. The number of nitrogens with zero attached hydrogens (tertiary/aromatic N) is 3. The number of amides is 1. The number of nitrogens with one attached hydrogen (secondary N) is 1. The minimum absolute atomic E-state index is 0.0138. The van der Waals surface area contributed by atoms with Crippen LogP contribution in [0.5, 0.6) is 0 Å². The number of halogens is 1. The van der Waals surface area contributed by atoms with Crippen molar-refractivity contribution in [2.24, 2.45) is 0 Å². The smallest absolute Gasteiger partial charge is 0.352 e. The lowest BCUT2D eigenvalue weighted by Crippen LogP contribution is -2.49. The van der Waals surface area contributed by atoms with E-state index in [1.54, 1.807) is 13.2 Å². The summed E-state index contributed by atoms with van der Waals surface area (Å²) in [7, 11) is -0.677. The van der Waals surface area contributed by atoms with Crippen LogP contribution in [0.25, 0.3) is 5.69 Å². The molecule has 0 aliphatic heterocycles. The minimum atomic E-state index is -2.22. The fourth-order valence-electron chi connectivity index (χ4n) is 4.61. The molecule has 1 heterocycles. The summed E-state index contributed by atoms with van der Waals surface area (Å²) in [4.78, 5) is 39.3. The molecule has 1 amide bonds. The van der Waals surface area contributed by atoms with Crippen molar-refractivity contribution in [1.82, 2.24) is 19.7 Å². The third-order valence-corrected chi connectivity index (χ3v) is 12.9. The largest absolute Gasteiger partial charge is 0.410 e. The van der Waals surface area contributed by atoms with E-state index in [-0.39, 0.29) is 41.0 Å². The summed E-state index contributed by atoms with van der Waals surface area (Å²) in [6.45, 7) is 10.8. The second-order valence-corrected chi connectivity index (χ2v) is 17.4. The zero-order valence-corrected chi connectivity index (χ0v) is 26.2. The van der Waals surface area contributed by atoms with Gasteiger partial charge in [-0.25, -0.2) is 4.79 Å². The topological polar surface area (TPSA) is 125 Å². The number of hydrogen-bond donors (Lipinski definition) is 2. The summed E-state index contributed by atoms with van der Waals surface area (Å²) in [5.41, 5.74) is -1.77. The number of methoxy groups -OCH3 is 1. The van der Waals surface area contributed by atoms with Crippen LogP contribution in [-0.2, 0) is 15.7 Å². The lowest BCUT2D eigenvalue weighted by molar-refractivity contribution is 0.0246. The van der Waals surface area contributed by atoms with Crippen molar-refractivity contribution in [1.29, 1.82) is 0 Å². The highest BCUT2D eigenvalue weighted by Gasteiger charge is 2.39. The van der Waals surface area contributed by atoms with Crippen molar-refractivity contribution in [2.45, 2.75) is 95.7 Å². The van der Waals surface area contributed by atoms with E-state index in [9.17, 15) is 19.5 Å². The maximum atomic E-state index is 13.5. The van der Waals surface area contributed by atoms with Crippen molar-refractivity contribution >= 4 is 25.8 Å². The summed E-state index contributed by atoms with van der Waals surface area (Å²) >= 11 is 6.35. The van der Waals surface area contributed by atoms with Gasteiger partial charge in [0.1, 0.15) is 6.20 Å². The normalized spacial score (nSPS) is 16.8. The Labute approximate surface area is 241 Å². The number of carbonyl (C=O) groups excluding carboxylic acids is 1. The van der Waals surface area contributed by atoms with Crippen LogP contribution in [0.15, 0.2) is 34.0 Å². The van der Waals surface area contributed by atoms with Crippen LogP contribution < -0.4 is 16.6 Å². The van der Waals surface area contributed by atoms with Crippen LogP contribution in [-0.4, -0.2) is 65.6 Å². The van der Waals surface area contributed by atoms with Crippen LogP contribution in [0.1, 0.15) is 69.7 Å². The minimum Gasteiger partial charge on any atom is -0.410 e. The van der Waals surface area contributed by atoms with Gasteiger partial charge in [-0.1, -0.05) is 58.1 Å². The zero-order valence-electron chi connectivity index (χ0n) is 24.5. The van der Waals surface area contributed by atoms with Crippen LogP contribution in [0.3, 0.4) is 0 Å². The molecular weight excluding hydrogens is 552 g/mol. The maximum absolute atomic E-state index is 13.5. The van der Waals surface area contributed by atoms with E-state index in [2.05, 4.69) is 44.3 Å². The number of carbonyl (C=O) groups is 1. The van der Waals surface area contributed by atoms with Crippen LogP contribution in [0.4, 0.5) is 0 Å². The molecule has 3 rings (SSSR count). The second-order valence-electron chi connectivity index (χ2n) is 12.2. The third-order valence-electron chi connectivity index (χ3n) is 8.02. The number of benzene rings is 1. The molecule has 0 bridgehead atoms. The average molecular weight is 595 g/mol. The SMILES string of the molecule is COCC(Cn1c(=O)cnn(-c2ccc(Cl)c(C(=O)NCC3(O)CCCCCC3)c2)c1=O)O[Si](C)(C)C(C)(C)C. The molecule has 222 valence electrons. The maximum Gasteiger partial charge on any atom is 0.352 e. The molecule has 0 saturated heterocycles. The summed E-state index contributed by atoms with van der Waals surface area (Å²) in [5, 5.41) is 17.9. The number of hydrogen-bond acceptors (Lipinski definition) is 7. The van der Waals surface area contributed by atoms with E-state index in [1.165, 1.54) is 12.1 Å². The number of aromatic nitrogens is 3. The summed E-state index contributed by atoms with van der Waals surface area (Å²) in [5.74, 6) is -0.464. The van der Waals surface area contributed by atoms with E-state index in [0.29, 0.717) is 12.8 Å². The van der Waals surface area contributed by atoms with Gasteiger partial charge in [0.2, 0.25) is 0 Å². The highest BCUT2D eigenvalue weighted by molar-refractivity contribution is 6.74. The van der Waals surface area contributed by atoms with Gasteiger partial charge in [-0.2, -0.15) is 9.78 Å². The fourth-order valence-corrected chi connectivity index (χ4v) is 6.14. The molecule has 2 aromatic rings. The van der Waals surface area contributed by atoms with Crippen molar-refractivity contribution in [3.8, 4) is 5.69 Å². The molecule has 0 spiro atoms. The van der Waals surface area contributed by atoms with Gasteiger partial charge in [0.05, 0.1) is 41.1 Å². The first-order chi connectivity index (χ1) is 18.7. The molecule has 1 aliphatic carbocycles. The standard InChI is InChI=1S/C28H43ClN4O6Si/c1-27(2,3)40(5,6)39-21(18-38-4)17-32-24(34)16-31-33(26(32)36)20-11-12-23(29)22(15-20)25(35)30-19-28(37)13-9-7-8-10-14-28/h11-12,15-16,21,37H,7-10,13-14,17-19H2,1-6H3,(H,30,35). The molecule has 1 unspecified atom stereocenters. The van der Waals surface area contributed by atoms with Crippen molar-refractivity contribution in [3.63, 3.8) is 0 Å². The predicted molar refractivity (Wildman–Crippen MR) is 158 cm³/mol. The average Bonchev–Trinajstić information content (AvgIpc) is 3.09. The van der Waals surface area contributed by atoms with Gasteiger partial charge in [-0.3, -0.25) is 14.2 Å². The lowest BCUT2D eigenvalue weighted by atomic mass is 9.94. The first-order valence-corrected chi connectivity index (χ1v) is 17.1.